The maximum absolute atomic E-state index is 5.70. The standard InChI is InChI=1S/C12H10N4O/c1-16-11-10(7-15-16)12(14-8-13-11)17-9-5-3-2-4-6-9/h2-8H,1H3. The summed E-state index contributed by atoms with van der Waals surface area (Å²) in [4.78, 5) is 8.28. The number of aryl methyl sites for hydroxylation is 1. The van der Waals surface area contributed by atoms with Crippen molar-refractivity contribution in [2.75, 3.05) is 0 Å². The highest BCUT2D eigenvalue weighted by atomic mass is 16.5. The van der Waals surface area contributed by atoms with Gasteiger partial charge in [-0.1, -0.05) is 18.2 Å². The molecule has 0 spiro atoms. The number of rotatable bonds is 2. The molecule has 0 atom stereocenters. The molecular weight excluding hydrogens is 216 g/mol. The van der Waals surface area contributed by atoms with E-state index in [2.05, 4.69) is 15.1 Å². The number of ether oxygens (including phenoxy) is 1. The minimum atomic E-state index is 0.523. The minimum Gasteiger partial charge on any atom is -0.438 e. The van der Waals surface area contributed by atoms with E-state index >= 15 is 0 Å². The van der Waals surface area contributed by atoms with Gasteiger partial charge in [0.25, 0.3) is 0 Å². The van der Waals surface area contributed by atoms with E-state index in [-0.39, 0.29) is 0 Å². The molecule has 1 aromatic carbocycles. The van der Waals surface area contributed by atoms with Crippen LogP contribution in [0.15, 0.2) is 42.9 Å². The lowest BCUT2D eigenvalue weighted by molar-refractivity contribution is 0.468. The van der Waals surface area contributed by atoms with Crippen LogP contribution in [-0.2, 0) is 7.05 Å². The van der Waals surface area contributed by atoms with Gasteiger partial charge in [0.05, 0.1) is 6.20 Å². The Kier molecular flexibility index (Phi) is 2.22. The predicted octanol–water partition coefficient (Wildman–Crippen LogP) is 2.16. The molecule has 3 rings (SSSR count). The summed E-state index contributed by atoms with van der Waals surface area (Å²) >= 11 is 0. The normalized spacial score (nSPS) is 10.6. The van der Waals surface area contributed by atoms with Gasteiger partial charge in [-0.25, -0.2) is 9.97 Å². The van der Waals surface area contributed by atoms with Crippen molar-refractivity contribution in [1.29, 1.82) is 0 Å². The van der Waals surface area contributed by atoms with Crippen molar-refractivity contribution in [1.82, 2.24) is 19.7 Å². The van der Waals surface area contributed by atoms with Gasteiger partial charge in [0, 0.05) is 7.05 Å². The van der Waals surface area contributed by atoms with E-state index in [1.54, 1.807) is 10.9 Å². The summed E-state index contributed by atoms with van der Waals surface area (Å²) in [5, 5.41) is 4.94. The van der Waals surface area contributed by atoms with Crippen LogP contribution in [0.3, 0.4) is 0 Å². The molecule has 0 saturated heterocycles. The first-order chi connectivity index (χ1) is 8.34. The van der Waals surface area contributed by atoms with Crippen molar-refractivity contribution in [2.45, 2.75) is 0 Å². The molecule has 5 nitrogen and oxygen atoms in total. The Morgan fingerprint density at radius 2 is 1.94 bits per heavy atom. The topological polar surface area (TPSA) is 52.8 Å². The van der Waals surface area contributed by atoms with Gasteiger partial charge >= 0.3 is 0 Å². The highest BCUT2D eigenvalue weighted by Crippen LogP contribution is 2.25. The second kappa shape index (κ2) is 3.86. The molecule has 0 aliphatic heterocycles. The molecule has 0 aliphatic rings. The van der Waals surface area contributed by atoms with E-state index < -0.39 is 0 Å². The van der Waals surface area contributed by atoms with Crippen LogP contribution in [0.4, 0.5) is 0 Å². The number of hydrogen-bond acceptors (Lipinski definition) is 4. The molecule has 0 aliphatic carbocycles. The first kappa shape index (κ1) is 9.77. The van der Waals surface area contributed by atoms with E-state index in [9.17, 15) is 0 Å². The molecule has 2 heterocycles. The fraction of sp³-hybridized carbons (Fsp3) is 0.0833. The van der Waals surface area contributed by atoms with Crippen LogP contribution in [0.5, 0.6) is 11.6 Å². The van der Waals surface area contributed by atoms with Crippen LogP contribution in [0.1, 0.15) is 0 Å². The lowest BCUT2D eigenvalue weighted by Crippen LogP contribution is -1.94. The Morgan fingerprint density at radius 3 is 2.76 bits per heavy atom. The molecule has 0 radical (unpaired) electrons. The highest BCUT2D eigenvalue weighted by Gasteiger charge is 2.09. The Bertz CT molecular complexity index is 648. The molecule has 0 unspecified atom stereocenters. The Labute approximate surface area is 97.7 Å². The zero-order valence-corrected chi connectivity index (χ0v) is 9.24. The summed E-state index contributed by atoms with van der Waals surface area (Å²) < 4.78 is 7.39. The number of aromatic nitrogens is 4. The second-order valence-electron chi connectivity index (χ2n) is 3.60. The minimum absolute atomic E-state index is 0.523. The smallest absolute Gasteiger partial charge is 0.233 e. The van der Waals surface area contributed by atoms with Gasteiger partial charge < -0.3 is 4.74 Å². The molecule has 0 fully saturated rings. The second-order valence-corrected chi connectivity index (χ2v) is 3.60. The van der Waals surface area contributed by atoms with Crippen LogP contribution in [0.2, 0.25) is 0 Å². The van der Waals surface area contributed by atoms with Crippen LogP contribution in [-0.4, -0.2) is 19.7 Å². The molecule has 0 N–H and O–H groups in total. The third-order valence-electron chi connectivity index (χ3n) is 2.45. The highest BCUT2D eigenvalue weighted by molar-refractivity contribution is 5.79. The molecule has 0 saturated carbocycles. The van der Waals surface area contributed by atoms with Crippen molar-refractivity contribution in [2.24, 2.45) is 7.05 Å². The number of para-hydroxylation sites is 1. The van der Waals surface area contributed by atoms with E-state index in [0.29, 0.717) is 5.88 Å². The fourth-order valence-electron chi connectivity index (χ4n) is 1.62. The van der Waals surface area contributed by atoms with Crippen LogP contribution < -0.4 is 4.74 Å². The maximum atomic E-state index is 5.70. The molecule has 0 bridgehead atoms. The Balaban J connectivity index is 2.06. The molecule has 17 heavy (non-hydrogen) atoms. The zero-order valence-electron chi connectivity index (χ0n) is 9.24. The van der Waals surface area contributed by atoms with Crippen LogP contribution in [0.25, 0.3) is 11.0 Å². The molecule has 0 amide bonds. The first-order valence-corrected chi connectivity index (χ1v) is 5.20. The van der Waals surface area contributed by atoms with Gasteiger partial charge in [-0.2, -0.15) is 5.10 Å². The summed E-state index contributed by atoms with van der Waals surface area (Å²) in [6, 6.07) is 9.52. The van der Waals surface area contributed by atoms with Gasteiger partial charge in [-0.3, -0.25) is 4.68 Å². The summed E-state index contributed by atoms with van der Waals surface area (Å²) in [6.45, 7) is 0. The van der Waals surface area contributed by atoms with Crippen LogP contribution >= 0.6 is 0 Å². The molecule has 3 aromatic rings. The monoisotopic (exact) mass is 226 g/mol. The van der Waals surface area contributed by atoms with Gasteiger partial charge in [0.15, 0.2) is 5.65 Å². The SMILES string of the molecule is Cn1ncc2c(Oc3ccccc3)ncnc21. The van der Waals surface area contributed by atoms with E-state index in [0.717, 1.165) is 16.8 Å². The quantitative estimate of drug-likeness (QED) is 0.671. The fourth-order valence-corrected chi connectivity index (χ4v) is 1.62. The number of hydrogen-bond donors (Lipinski definition) is 0. The van der Waals surface area contributed by atoms with E-state index in [1.807, 2.05) is 37.4 Å². The Morgan fingerprint density at radius 1 is 1.12 bits per heavy atom. The van der Waals surface area contributed by atoms with Gasteiger partial charge in [-0.15, -0.1) is 0 Å². The number of nitrogens with zero attached hydrogens (tertiary/aromatic N) is 4. The van der Waals surface area contributed by atoms with Gasteiger partial charge in [0.1, 0.15) is 17.5 Å². The molecule has 84 valence electrons. The van der Waals surface area contributed by atoms with Crippen molar-refractivity contribution in [3.05, 3.63) is 42.9 Å². The number of fused-ring (bicyclic) bond motifs is 1. The van der Waals surface area contributed by atoms with Crippen molar-refractivity contribution in [3.8, 4) is 11.6 Å². The number of benzene rings is 1. The molecule has 5 heteroatoms. The Hall–Kier alpha value is -2.43. The summed E-state index contributed by atoms with van der Waals surface area (Å²) in [5.74, 6) is 1.27. The van der Waals surface area contributed by atoms with Gasteiger partial charge in [0.2, 0.25) is 5.88 Å². The summed E-state index contributed by atoms with van der Waals surface area (Å²) in [6.07, 6.45) is 3.18. The molecular formula is C12H10N4O. The lowest BCUT2D eigenvalue weighted by Gasteiger charge is -2.04. The summed E-state index contributed by atoms with van der Waals surface area (Å²) in [7, 11) is 1.83. The third-order valence-corrected chi connectivity index (χ3v) is 2.45. The largest absolute Gasteiger partial charge is 0.438 e. The van der Waals surface area contributed by atoms with Crippen molar-refractivity contribution >= 4 is 11.0 Å². The van der Waals surface area contributed by atoms with E-state index in [4.69, 9.17) is 4.74 Å². The molecule has 2 aromatic heterocycles. The van der Waals surface area contributed by atoms with E-state index in [1.165, 1.54) is 6.33 Å². The van der Waals surface area contributed by atoms with Crippen molar-refractivity contribution in [3.63, 3.8) is 0 Å². The summed E-state index contributed by atoms with van der Waals surface area (Å²) in [5.41, 5.74) is 0.755. The average Bonchev–Trinajstić information content (AvgIpc) is 2.74. The predicted molar refractivity (Wildman–Crippen MR) is 62.8 cm³/mol. The average molecular weight is 226 g/mol. The van der Waals surface area contributed by atoms with Crippen LogP contribution in [0, 0.1) is 0 Å². The van der Waals surface area contributed by atoms with Gasteiger partial charge in [-0.05, 0) is 12.1 Å². The zero-order chi connectivity index (χ0) is 11.7. The lowest BCUT2D eigenvalue weighted by atomic mass is 10.3. The van der Waals surface area contributed by atoms with Crippen molar-refractivity contribution < 1.29 is 4.74 Å². The third kappa shape index (κ3) is 1.71. The maximum Gasteiger partial charge on any atom is 0.233 e. The first-order valence-electron chi connectivity index (χ1n) is 5.20.